The maximum absolute atomic E-state index is 4.42. The first-order chi connectivity index (χ1) is 13.7. The third-order valence-electron chi connectivity index (χ3n) is 5.00. The largest absolute Gasteiger partial charge is 0.369 e. The van der Waals surface area contributed by atoms with Crippen LogP contribution in [-0.2, 0) is 0 Å². The minimum Gasteiger partial charge on any atom is -0.369 e. The van der Waals surface area contributed by atoms with Crippen molar-refractivity contribution >= 4 is 40.1 Å². The van der Waals surface area contributed by atoms with Crippen molar-refractivity contribution in [3.8, 4) is 5.95 Å². The highest BCUT2D eigenvalue weighted by Crippen LogP contribution is 2.21. The summed E-state index contributed by atoms with van der Waals surface area (Å²) in [7, 11) is 0. The predicted octanol–water partition coefficient (Wildman–Crippen LogP) is 3.99. The smallest absolute Gasteiger partial charge is 0.250 e. The van der Waals surface area contributed by atoms with Gasteiger partial charge >= 0.3 is 0 Å². The van der Waals surface area contributed by atoms with Crippen LogP contribution >= 0.6 is 28.3 Å². The Morgan fingerprint density at radius 2 is 1.83 bits per heavy atom. The van der Waals surface area contributed by atoms with Gasteiger partial charge in [0.25, 0.3) is 5.95 Å². The molecule has 8 heteroatoms. The van der Waals surface area contributed by atoms with Gasteiger partial charge in [0.05, 0.1) is 11.9 Å². The number of benzene rings is 1. The summed E-state index contributed by atoms with van der Waals surface area (Å²) < 4.78 is 2.91. The second-order valence-corrected chi connectivity index (χ2v) is 7.73. The second-order valence-electron chi connectivity index (χ2n) is 6.82. The number of anilines is 1. The van der Waals surface area contributed by atoms with Crippen LogP contribution in [0, 0.1) is 6.92 Å². The van der Waals surface area contributed by atoms with E-state index in [2.05, 4.69) is 77.2 Å². The van der Waals surface area contributed by atoms with E-state index in [0.717, 1.165) is 48.5 Å². The molecule has 1 aliphatic heterocycles. The van der Waals surface area contributed by atoms with Gasteiger partial charge in [-0.05, 0) is 31.2 Å². The number of aromatic nitrogens is 4. The van der Waals surface area contributed by atoms with Gasteiger partial charge in [-0.25, -0.2) is 14.6 Å². The van der Waals surface area contributed by atoms with Crippen molar-refractivity contribution in [1.82, 2.24) is 24.6 Å². The van der Waals surface area contributed by atoms with Crippen LogP contribution < -0.4 is 4.90 Å². The molecule has 0 atom stereocenters. The lowest BCUT2D eigenvalue weighted by molar-refractivity contribution is 0.284. The fraction of sp³-hybridized carbons (Fsp3) is 0.286. The molecule has 0 amide bonds. The molecule has 0 N–H and O–H groups in total. The van der Waals surface area contributed by atoms with E-state index in [0.29, 0.717) is 5.95 Å². The van der Waals surface area contributed by atoms with Crippen LogP contribution in [0.3, 0.4) is 0 Å². The van der Waals surface area contributed by atoms with Crippen molar-refractivity contribution in [2.24, 2.45) is 0 Å². The molecule has 29 heavy (non-hydrogen) atoms. The molecule has 1 fully saturated rings. The van der Waals surface area contributed by atoms with Crippen LogP contribution in [0.25, 0.3) is 12.0 Å². The van der Waals surface area contributed by atoms with Crippen LogP contribution in [0.15, 0.2) is 59.5 Å². The highest BCUT2D eigenvalue weighted by atomic mass is 79.9. The van der Waals surface area contributed by atoms with Gasteiger partial charge in [0, 0.05) is 60.8 Å². The van der Waals surface area contributed by atoms with Gasteiger partial charge in [-0.2, -0.15) is 5.10 Å². The summed E-state index contributed by atoms with van der Waals surface area (Å²) in [4.78, 5) is 13.4. The molecule has 0 radical (unpaired) electrons. The van der Waals surface area contributed by atoms with E-state index in [4.69, 9.17) is 0 Å². The van der Waals surface area contributed by atoms with Crippen molar-refractivity contribution in [3.05, 3.63) is 70.7 Å². The standard InChI is InChI=1S/C21H23BrN6.ClH/c1-17-18(16-25-28(17)21-23-8-4-9-24-21)5-3-10-26-11-13-27(14-12-26)20-7-2-6-19(22)15-20;/h2-9,15-16H,10-14H2,1H3;1H. The quantitative estimate of drug-likeness (QED) is 0.558. The van der Waals surface area contributed by atoms with E-state index in [1.807, 2.05) is 13.1 Å². The maximum Gasteiger partial charge on any atom is 0.250 e. The summed E-state index contributed by atoms with van der Waals surface area (Å²) in [6.45, 7) is 7.21. The lowest BCUT2D eigenvalue weighted by Crippen LogP contribution is -2.46. The molecule has 0 aliphatic carbocycles. The topological polar surface area (TPSA) is 50.1 Å². The Kier molecular flexibility index (Phi) is 7.41. The SMILES string of the molecule is Cc1c(C=CCN2CCN(c3cccc(Br)c3)CC2)cnn1-c1ncccn1.Cl. The molecule has 1 aliphatic rings. The van der Waals surface area contributed by atoms with Crippen molar-refractivity contribution in [2.75, 3.05) is 37.6 Å². The van der Waals surface area contributed by atoms with Crippen LogP contribution in [-0.4, -0.2) is 57.4 Å². The summed E-state index contributed by atoms with van der Waals surface area (Å²) in [6, 6.07) is 10.3. The predicted molar refractivity (Wildman–Crippen MR) is 123 cm³/mol. The van der Waals surface area contributed by atoms with E-state index in [1.165, 1.54) is 5.69 Å². The Morgan fingerprint density at radius 3 is 2.55 bits per heavy atom. The number of nitrogens with zero attached hydrogens (tertiary/aromatic N) is 6. The van der Waals surface area contributed by atoms with E-state index in [-0.39, 0.29) is 12.4 Å². The summed E-state index contributed by atoms with van der Waals surface area (Å²) in [6.07, 6.45) is 9.68. The molecular formula is C21H24BrClN6. The average molecular weight is 476 g/mol. The summed E-state index contributed by atoms with van der Waals surface area (Å²) in [5, 5.41) is 4.42. The molecule has 0 spiro atoms. The molecule has 3 heterocycles. The summed E-state index contributed by atoms with van der Waals surface area (Å²) in [5.74, 6) is 0.600. The molecule has 1 aromatic carbocycles. The second kappa shape index (κ2) is 10.0. The van der Waals surface area contributed by atoms with E-state index >= 15 is 0 Å². The number of piperazine rings is 1. The van der Waals surface area contributed by atoms with Gasteiger partial charge in [0.1, 0.15) is 0 Å². The van der Waals surface area contributed by atoms with Gasteiger partial charge in [-0.3, -0.25) is 4.90 Å². The zero-order chi connectivity index (χ0) is 19.3. The van der Waals surface area contributed by atoms with Gasteiger partial charge < -0.3 is 4.90 Å². The summed E-state index contributed by atoms with van der Waals surface area (Å²) in [5.41, 5.74) is 3.43. The first-order valence-electron chi connectivity index (χ1n) is 9.42. The third-order valence-corrected chi connectivity index (χ3v) is 5.49. The van der Waals surface area contributed by atoms with Gasteiger partial charge in [0.2, 0.25) is 0 Å². The maximum atomic E-state index is 4.42. The minimum atomic E-state index is 0. The first-order valence-corrected chi connectivity index (χ1v) is 10.2. The van der Waals surface area contributed by atoms with Gasteiger partial charge in [-0.1, -0.05) is 34.1 Å². The van der Waals surface area contributed by atoms with Crippen molar-refractivity contribution in [1.29, 1.82) is 0 Å². The highest BCUT2D eigenvalue weighted by Gasteiger charge is 2.16. The molecule has 3 aromatic rings. The molecule has 6 nitrogen and oxygen atoms in total. The monoisotopic (exact) mass is 474 g/mol. The lowest BCUT2D eigenvalue weighted by Gasteiger charge is -2.35. The third kappa shape index (κ3) is 5.23. The zero-order valence-corrected chi connectivity index (χ0v) is 18.7. The van der Waals surface area contributed by atoms with Gasteiger partial charge in [0.15, 0.2) is 0 Å². The van der Waals surface area contributed by atoms with E-state index in [1.54, 1.807) is 23.1 Å². The molecule has 152 valence electrons. The van der Waals surface area contributed by atoms with Crippen LogP contribution in [0.5, 0.6) is 0 Å². The molecule has 0 unspecified atom stereocenters. The molecular weight excluding hydrogens is 452 g/mol. The Balaban J connectivity index is 0.00000240. The average Bonchev–Trinajstić information content (AvgIpc) is 3.10. The van der Waals surface area contributed by atoms with Crippen molar-refractivity contribution in [3.63, 3.8) is 0 Å². The fourth-order valence-corrected chi connectivity index (χ4v) is 3.77. The normalized spacial score (nSPS) is 14.9. The van der Waals surface area contributed by atoms with Crippen LogP contribution in [0.2, 0.25) is 0 Å². The first kappa shape index (κ1) is 21.5. The highest BCUT2D eigenvalue weighted by molar-refractivity contribution is 9.10. The van der Waals surface area contributed by atoms with Crippen molar-refractivity contribution < 1.29 is 0 Å². The summed E-state index contributed by atoms with van der Waals surface area (Å²) >= 11 is 3.56. The zero-order valence-electron chi connectivity index (χ0n) is 16.3. The Bertz CT molecular complexity index is 951. The molecule has 2 aromatic heterocycles. The van der Waals surface area contributed by atoms with E-state index < -0.39 is 0 Å². The Labute approximate surface area is 185 Å². The van der Waals surface area contributed by atoms with Crippen LogP contribution in [0.1, 0.15) is 11.3 Å². The Morgan fingerprint density at radius 1 is 1.07 bits per heavy atom. The van der Waals surface area contributed by atoms with Crippen molar-refractivity contribution in [2.45, 2.75) is 6.92 Å². The Hall–Kier alpha value is -2.22. The van der Waals surface area contributed by atoms with Gasteiger partial charge in [-0.15, -0.1) is 12.4 Å². The fourth-order valence-electron chi connectivity index (χ4n) is 3.38. The number of hydrogen-bond acceptors (Lipinski definition) is 5. The lowest BCUT2D eigenvalue weighted by atomic mass is 10.2. The number of hydrogen-bond donors (Lipinski definition) is 0. The minimum absolute atomic E-state index is 0. The van der Waals surface area contributed by atoms with E-state index in [9.17, 15) is 0 Å². The molecule has 1 saturated heterocycles. The number of halogens is 2. The number of rotatable bonds is 5. The van der Waals surface area contributed by atoms with Crippen LogP contribution in [0.4, 0.5) is 5.69 Å². The molecule has 0 bridgehead atoms. The molecule has 4 rings (SSSR count). The molecule has 0 saturated carbocycles.